The van der Waals surface area contributed by atoms with Crippen molar-refractivity contribution < 1.29 is 8.42 Å². The fourth-order valence-electron chi connectivity index (χ4n) is 2.26. The summed E-state index contributed by atoms with van der Waals surface area (Å²) >= 11 is 0. The van der Waals surface area contributed by atoms with Crippen LogP contribution in [0.15, 0.2) is 24.3 Å². The Morgan fingerprint density at radius 2 is 1.88 bits per heavy atom. The summed E-state index contributed by atoms with van der Waals surface area (Å²) in [7, 11) is -3.10. The molecule has 1 saturated heterocycles. The monoisotopic (exact) mass is 253 g/mol. The first-order valence-electron chi connectivity index (χ1n) is 6.12. The third-order valence-electron chi connectivity index (χ3n) is 3.18. The van der Waals surface area contributed by atoms with Gasteiger partial charge in [0.2, 0.25) is 10.0 Å². The lowest BCUT2D eigenvalue weighted by atomic mass is 10.0. The molecule has 0 aliphatic carbocycles. The van der Waals surface area contributed by atoms with Crippen molar-refractivity contribution in [2.45, 2.75) is 32.6 Å². The fourth-order valence-corrected chi connectivity index (χ4v) is 3.92. The van der Waals surface area contributed by atoms with Crippen molar-refractivity contribution in [3.8, 4) is 0 Å². The number of benzene rings is 1. The van der Waals surface area contributed by atoms with Crippen molar-refractivity contribution in [3.05, 3.63) is 29.8 Å². The molecule has 1 aromatic carbocycles. The lowest BCUT2D eigenvalue weighted by Crippen LogP contribution is -2.38. The quantitative estimate of drug-likeness (QED) is 0.812. The Morgan fingerprint density at radius 1 is 1.18 bits per heavy atom. The highest BCUT2D eigenvalue weighted by atomic mass is 32.2. The van der Waals surface area contributed by atoms with E-state index in [1.165, 1.54) is 0 Å². The minimum absolute atomic E-state index is 0.277. The van der Waals surface area contributed by atoms with Crippen LogP contribution >= 0.6 is 0 Å². The Kier molecular flexibility index (Phi) is 3.43. The summed E-state index contributed by atoms with van der Waals surface area (Å²) in [6, 6.07) is 7.81. The Hall–Kier alpha value is -1.03. The van der Waals surface area contributed by atoms with Crippen molar-refractivity contribution in [1.29, 1.82) is 0 Å². The molecule has 1 fully saturated rings. The fraction of sp³-hybridized carbons (Fsp3) is 0.538. The second kappa shape index (κ2) is 4.69. The first-order valence-corrected chi connectivity index (χ1v) is 7.72. The largest absolute Gasteiger partial charge is 0.270 e. The molecule has 17 heavy (non-hydrogen) atoms. The van der Waals surface area contributed by atoms with Crippen molar-refractivity contribution in [2.75, 3.05) is 16.6 Å². The van der Waals surface area contributed by atoms with Crippen LogP contribution in [0.3, 0.4) is 0 Å². The molecule has 3 nitrogen and oxygen atoms in total. The summed E-state index contributed by atoms with van der Waals surface area (Å²) in [4.78, 5) is 0. The van der Waals surface area contributed by atoms with Gasteiger partial charge < -0.3 is 0 Å². The van der Waals surface area contributed by atoms with Crippen LogP contribution in [0.4, 0.5) is 5.69 Å². The topological polar surface area (TPSA) is 37.4 Å². The van der Waals surface area contributed by atoms with Gasteiger partial charge in [-0.2, -0.15) is 0 Å². The zero-order valence-electron chi connectivity index (χ0n) is 10.4. The molecule has 0 N–H and O–H groups in total. The van der Waals surface area contributed by atoms with Gasteiger partial charge in [0.15, 0.2) is 0 Å². The normalized spacial score (nSPS) is 19.6. The summed E-state index contributed by atoms with van der Waals surface area (Å²) in [5, 5.41) is 0. The van der Waals surface area contributed by atoms with Crippen LogP contribution in [0.2, 0.25) is 0 Å². The second-order valence-electron chi connectivity index (χ2n) is 4.81. The van der Waals surface area contributed by atoms with Gasteiger partial charge in [-0.15, -0.1) is 0 Å². The molecule has 4 heteroatoms. The minimum Gasteiger partial charge on any atom is -0.270 e. The third-order valence-corrected chi connectivity index (χ3v) is 5.03. The minimum atomic E-state index is -3.10. The van der Waals surface area contributed by atoms with Gasteiger partial charge in [0.05, 0.1) is 11.4 Å². The molecular formula is C13H19NO2S. The van der Waals surface area contributed by atoms with E-state index in [1.54, 1.807) is 4.31 Å². The summed E-state index contributed by atoms with van der Waals surface area (Å²) in [6.07, 6.45) is 1.73. The van der Waals surface area contributed by atoms with E-state index in [0.717, 1.165) is 24.1 Å². The lowest BCUT2D eigenvalue weighted by Gasteiger charge is -2.30. The number of hydrogen-bond acceptors (Lipinski definition) is 2. The Labute approximate surface area is 104 Å². The van der Waals surface area contributed by atoms with Gasteiger partial charge in [-0.25, -0.2) is 8.42 Å². The number of sulfonamides is 1. The molecule has 0 aromatic heterocycles. The van der Waals surface area contributed by atoms with E-state index in [2.05, 4.69) is 13.8 Å². The second-order valence-corrected chi connectivity index (χ2v) is 6.82. The van der Waals surface area contributed by atoms with Crippen molar-refractivity contribution in [2.24, 2.45) is 0 Å². The molecule has 0 bridgehead atoms. The maximum absolute atomic E-state index is 12.1. The van der Waals surface area contributed by atoms with Gasteiger partial charge >= 0.3 is 0 Å². The lowest BCUT2D eigenvalue weighted by molar-refractivity contribution is 0.574. The highest BCUT2D eigenvalue weighted by molar-refractivity contribution is 7.92. The number of rotatable bonds is 2. The van der Waals surface area contributed by atoms with Crippen LogP contribution < -0.4 is 4.31 Å². The first kappa shape index (κ1) is 12.4. The predicted molar refractivity (Wildman–Crippen MR) is 70.9 cm³/mol. The van der Waals surface area contributed by atoms with Crippen LogP contribution in [-0.2, 0) is 10.0 Å². The summed E-state index contributed by atoms with van der Waals surface area (Å²) in [5.74, 6) is 0.614. The van der Waals surface area contributed by atoms with Gasteiger partial charge in [-0.3, -0.25) is 4.31 Å². The Balaban J connectivity index is 2.46. The maximum Gasteiger partial charge on any atom is 0.235 e. The SMILES string of the molecule is CC(C)c1ccccc1N1CCCCS1(=O)=O. The van der Waals surface area contributed by atoms with Gasteiger partial charge in [0.25, 0.3) is 0 Å². The third kappa shape index (κ3) is 2.46. The van der Waals surface area contributed by atoms with Crippen LogP contribution in [0.5, 0.6) is 0 Å². The predicted octanol–water partition coefficient (Wildman–Crippen LogP) is 2.74. The highest BCUT2D eigenvalue weighted by Crippen LogP contribution is 2.31. The molecule has 0 saturated carbocycles. The van der Waals surface area contributed by atoms with Crippen LogP contribution in [-0.4, -0.2) is 20.7 Å². The average molecular weight is 253 g/mol. The van der Waals surface area contributed by atoms with Crippen molar-refractivity contribution in [3.63, 3.8) is 0 Å². The summed E-state index contributed by atoms with van der Waals surface area (Å²) in [5.41, 5.74) is 1.97. The summed E-state index contributed by atoms with van der Waals surface area (Å²) < 4.78 is 25.8. The zero-order chi connectivity index (χ0) is 12.5. The first-order chi connectivity index (χ1) is 8.02. The summed E-state index contributed by atoms with van der Waals surface area (Å²) in [6.45, 7) is 4.80. The molecule has 1 aromatic rings. The molecule has 0 unspecified atom stereocenters. The van der Waals surface area contributed by atoms with Crippen LogP contribution in [0.25, 0.3) is 0 Å². The number of anilines is 1. The number of nitrogens with zero attached hydrogens (tertiary/aromatic N) is 1. The molecule has 0 spiro atoms. The number of hydrogen-bond donors (Lipinski definition) is 0. The van der Waals surface area contributed by atoms with E-state index in [-0.39, 0.29) is 5.75 Å². The standard InChI is InChI=1S/C13H19NO2S/c1-11(2)12-7-3-4-8-13(12)14-9-5-6-10-17(14,15)16/h3-4,7-8,11H,5-6,9-10H2,1-2H3. The van der Waals surface area contributed by atoms with E-state index in [9.17, 15) is 8.42 Å². The molecule has 1 heterocycles. The van der Waals surface area contributed by atoms with Gasteiger partial charge in [-0.1, -0.05) is 32.0 Å². The maximum atomic E-state index is 12.1. The number of para-hydroxylation sites is 1. The molecule has 94 valence electrons. The van der Waals surface area contributed by atoms with Crippen molar-refractivity contribution in [1.82, 2.24) is 0 Å². The van der Waals surface area contributed by atoms with E-state index in [0.29, 0.717) is 12.5 Å². The highest BCUT2D eigenvalue weighted by Gasteiger charge is 2.27. The van der Waals surface area contributed by atoms with E-state index >= 15 is 0 Å². The Bertz CT molecular complexity index is 494. The van der Waals surface area contributed by atoms with Crippen LogP contribution in [0, 0.1) is 0 Å². The van der Waals surface area contributed by atoms with Crippen molar-refractivity contribution >= 4 is 15.7 Å². The molecule has 0 radical (unpaired) electrons. The molecule has 1 aliphatic heterocycles. The smallest absolute Gasteiger partial charge is 0.235 e. The molecular weight excluding hydrogens is 234 g/mol. The zero-order valence-corrected chi connectivity index (χ0v) is 11.2. The van der Waals surface area contributed by atoms with E-state index in [4.69, 9.17) is 0 Å². The molecule has 0 atom stereocenters. The van der Waals surface area contributed by atoms with E-state index in [1.807, 2.05) is 24.3 Å². The Morgan fingerprint density at radius 3 is 2.53 bits per heavy atom. The average Bonchev–Trinajstić information content (AvgIpc) is 2.28. The molecule has 0 amide bonds. The van der Waals surface area contributed by atoms with Gasteiger partial charge in [-0.05, 0) is 30.4 Å². The molecule has 1 aliphatic rings. The van der Waals surface area contributed by atoms with Gasteiger partial charge in [0.1, 0.15) is 0 Å². The molecule has 2 rings (SSSR count). The van der Waals surface area contributed by atoms with Gasteiger partial charge in [0, 0.05) is 6.54 Å². The van der Waals surface area contributed by atoms with E-state index < -0.39 is 10.0 Å². The van der Waals surface area contributed by atoms with Crippen LogP contribution in [0.1, 0.15) is 38.2 Å².